The Morgan fingerprint density at radius 1 is 1.75 bits per heavy atom. The average Bonchev–Trinajstić information content (AvgIpc) is 2.36. The Bertz CT molecular complexity index is 236. The van der Waals surface area contributed by atoms with Crippen LogP contribution in [0.5, 0.6) is 0 Å². The minimum absolute atomic E-state index is 0.342. The predicted molar refractivity (Wildman–Crippen MR) is 52.3 cm³/mol. The van der Waals surface area contributed by atoms with Crippen molar-refractivity contribution in [3.8, 4) is 0 Å². The van der Waals surface area contributed by atoms with E-state index < -0.39 is 0 Å². The molecule has 0 saturated carbocycles. The van der Waals surface area contributed by atoms with Gasteiger partial charge in [0.15, 0.2) is 0 Å². The number of rotatable bonds is 4. The van der Waals surface area contributed by atoms with Crippen molar-refractivity contribution in [3.05, 3.63) is 0 Å². The molecule has 1 atom stereocenters. The molecule has 0 bridgehead atoms. The fourth-order valence-electron chi connectivity index (χ4n) is 0.851. The first-order valence-corrected chi connectivity index (χ1v) is 5.05. The second-order valence-electron chi connectivity index (χ2n) is 2.54. The van der Waals surface area contributed by atoms with Gasteiger partial charge in [-0.1, -0.05) is 0 Å². The van der Waals surface area contributed by atoms with Crippen LogP contribution in [0, 0.1) is 0 Å². The molecule has 68 valence electrons. The number of aromatic amines is 1. The van der Waals surface area contributed by atoms with E-state index in [0.717, 1.165) is 5.75 Å². The second-order valence-corrected chi connectivity index (χ2v) is 3.46. The molecule has 12 heavy (non-hydrogen) atoms. The van der Waals surface area contributed by atoms with E-state index >= 15 is 0 Å². The fourth-order valence-corrected chi connectivity index (χ4v) is 1.43. The number of nitrogens with two attached hydrogens (primary N) is 1. The molecular formula is C6H13N5S. The average molecular weight is 187 g/mol. The van der Waals surface area contributed by atoms with E-state index in [2.05, 4.69) is 33.7 Å². The van der Waals surface area contributed by atoms with Crippen LogP contribution in [0.15, 0.2) is 0 Å². The van der Waals surface area contributed by atoms with Crippen LogP contribution in [0.1, 0.15) is 6.92 Å². The van der Waals surface area contributed by atoms with Crippen molar-refractivity contribution in [2.75, 3.05) is 23.1 Å². The Hall–Kier alpha value is -0.910. The zero-order valence-corrected chi connectivity index (χ0v) is 7.98. The van der Waals surface area contributed by atoms with Gasteiger partial charge in [0.25, 0.3) is 0 Å². The van der Waals surface area contributed by atoms with Crippen LogP contribution in [0.4, 0.5) is 11.9 Å². The van der Waals surface area contributed by atoms with Crippen LogP contribution in [0.3, 0.4) is 0 Å². The summed E-state index contributed by atoms with van der Waals surface area (Å²) >= 11 is 1.78. The third-order valence-corrected chi connectivity index (χ3v) is 2.13. The van der Waals surface area contributed by atoms with Gasteiger partial charge in [-0.05, 0) is 13.2 Å². The molecule has 0 aliphatic heterocycles. The molecule has 1 heterocycles. The Balaban J connectivity index is 2.41. The molecule has 1 rings (SSSR count). The summed E-state index contributed by atoms with van der Waals surface area (Å²) in [4.78, 5) is 3.92. The lowest BCUT2D eigenvalue weighted by molar-refractivity contribution is 0.889. The van der Waals surface area contributed by atoms with Gasteiger partial charge in [0.1, 0.15) is 0 Å². The number of hydrogen-bond donors (Lipinski definition) is 3. The Kier molecular flexibility index (Phi) is 3.21. The normalized spacial score (nSPS) is 12.8. The van der Waals surface area contributed by atoms with Gasteiger partial charge >= 0.3 is 0 Å². The molecule has 4 N–H and O–H groups in total. The monoisotopic (exact) mass is 187 g/mol. The molecule has 1 aromatic rings. The van der Waals surface area contributed by atoms with E-state index in [1.807, 2.05) is 0 Å². The van der Waals surface area contributed by atoms with Crippen molar-refractivity contribution in [3.63, 3.8) is 0 Å². The van der Waals surface area contributed by atoms with E-state index in [9.17, 15) is 0 Å². The highest BCUT2D eigenvalue weighted by Crippen LogP contribution is 2.04. The van der Waals surface area contributed by atoms with Crippen molar-refractivity contribution in [1.82, 2.24) is 15.2 Å². The third kappa shape index (κ3) is 2.61. The lowest BCUT2D eigenvalue weighted by Crippen LogP contribution is -2.18. The quantitative estimate of drug-likeness (QED) is 0.641. The minimum Gasteiger partial charge on any atom is -0.368 e. The van der Waals surface area contributed by atoms with E-state index in [-0.39, 0.29) is 0 Å². The smallest absolute Gasteiger partial charge is 0.243 e. The van der Waals surface area contributed by atoms with E-state index in [1.165, 1.54) is 0 Å². The van der Waals surface area contributed by atoms with Crippen LogP contribution in [-0.2, 0) is 0 Å². The highest BCUT2D eigenvalue weighted by atomic mass is 32.2. The molecule has 0 aromatic carbocycles. The summed E-state index contributed by atoms with van der Waals surface area (Å²) in [6, 6.07) is 0.357. The number of hydrogen-bond acceptors (Lipinski definition) is 5. The summed E-state index contributed by atoms with van der Waals surface area (Å²) in [5.41, 5.74) is 5.35. The van der Waals surface area contributed by atoms with Crippen LogP contribution in [-0.4, -0.2) is 33.2 Å². The minimum atomic E-state index is 0.342. The number of thioether (sulfide) groups is 1. The van der Waals surface area contributed by atoms with Gasteiger partial charge in [0.2, 0.25) is 11.9 Å². The molecule has 0 saturated heterocycles. The Morgan fingerprint density at radius 2 is 2.50 bits per heavy atom. The molecule has 0 amide bonds. The molecule has 1 aromatic heterocycles. The number of nitrogens with one attached hydrogen (secondary N) is 2. The lowest BCUT2D eigenvalue weighted by atomic mass is 10.4. The molecule has 0 spiro atoms. The zero-order chi connectivity index (χ0) is 8.97. The fraction of sp³-hybridized carbons (Fsp3) is 0.667. The highest BCUT2D eigenvalue weighted by molar-refractivity contribution is 7.98. The van der Waals surface area contributed by atoms with Crippen molar-refractivity contribution in [1.29, 1.82) is 0 Å². The van der Waals surface area contributed by atoms with Crippen molar-refractivity contribution in [2.45, 2.75) is 13.0 Å². The summed E-state index contributed by atoms with van der Waals surface area (Å²) in [6.07, 6.45) is 2.06. The van der Waals surface area contributed by atoms with Gasteiger partial charge in [0, 0.05) is 11.8 Å². The first-order chi connectivity index (χ1) is 5.72. The van der Waals surface area contributed by atoms with Crippen LogP contribution < -0.4 is 11.1 Å². The maximum absolute atomic E-state index is 5.35. The van der Waals surface area contributed by atoms with Gasteiger partial charge in [-0.3, -0.25) is 0 Å². The maximum atomic E-state index is 5.35. The van der Waals surface area contributed by atoms with Gasteiger partial charge in [0.05, 0.1) is 0 Å². The topological polar surface area (TPSA) is 79.6 Å². The summed E-state index contributed by atoms with van der Waals surface area (Å²) in [6.45, 7) is 2.07. The standard InChI is InChI=1S/C6H13N5S/c1-4(3-12-2)8-6-9-5(7)10-11-6/h4H,3H2,1-2H3,(H4,7,8,9,10,11). The number of anilines is 2. The van der Waals surface area contributed by atoms with Gasteiger partial charge in [-0.25, -0.2) is 5.10 Å². The van der Waals surface area contributed by atoms with Crippen LogP contribution in [0.2, 0.25) is 0 Å². The SMILES string of the molecule is CSCC(C)Nc1n[nH]c(N)n1. The summed E-state index contributed by atoms with van der Waals surface area (Å²) in [5, 5.41) is 9.53. The number of H-pyrrole nitrogens is 1. The molecule has 1 unspecified atom stereocenters. The number of nitrogen functional groups attached to an aromatic ring is 1. The van der Waals surface area contributed by atoms with E-state index in [4.69, 9.17) is 5.73 Å². The van der Waals surface area contributed by atoms with E-state index in [1.54, 1.807) is 11.8 Å². The number of nitrogens with zero attached hydrogens (tertiary/aromatic N) is 2. The zero-order valence-electron chi connectivity index (χ0n) is 7.16. The van der Waals surface area contributed by atoms with Gasteiger partial charge < -0.3 is 11.1 Å². The first kappa shape index (κ1) is 9.18. The summed E-state index contributed by atoms with van der Waals surface area (Å²) in [7, 11) is 0. The molecular weight excluding hydrogens is 174 g/mol. The third-order valence-electron chi connectivity index (χ3n) is 1.29. The van der Waals surface area contributed by atoms with Crippen molar-refractivity contribution >= 4 is 23.7 Å². The lowest BCUT2D eigenvalue weighted by Gasteiger charge is -2.09. The number of aromatic nitrogens is 3. The first-order valence-electron chi connectivity index (χ1n) is 3.65. The van der Waals surface area contributed by atoms with Crippen LogP contribution in [0.25, 0.3) is 0 Å². The maximum Gasteiger partial charge on any atom is 0.243 e. The summed E-state index contributed by atoms with van der Waals surface area (Å²) in [5.74, 6) is 1.93. The molecule has 0 radical (unpaired) electrons. The molecule has 6 heteroatoms. The van der Waals surface area contributed by atoms with Gasteiger partial charge in [-0.2, -0.15) is 16.7 Å². The predicted octanol–water partition coefficient (Wildman–Crippen LogP) is 0.550. The Labute approximate surface area is 75.5 Å². The Morgan fingerprint density at radius 3 is 3.00 bits per heavy atom. The molecule has 5 nitrogen and oxygen atoms in total. The van der Waals surface area contributed by atoms with Gasteiger partial charge in [-0.15, -0.1) is 5.10 Å². The molecule has 0 aliphatic rings. The van der Waals surface area contributed by atoms with Crippen molar-refractivity contribution in [2.24, 2.45) is 0 Å². The largest absolute Gasteiger partial charge is 0.368 e. The summed E-state index contributed by atoms with van der Waals surface area (Å²) < 4.78 is 0. The van der Waals surface area contributed by atoms with Crippen molar-refractivity contribution < 1.29 is 0 Å². The molecule has 0 fully saturated rings. The molecule has 0 aliphatic carbocycles. The highest BCUT2D eigenvalue weighted by Gasteiger charge is 2.03. The van der Waals surface area contributed by atoms with E-state index in [0.29, 0.717) is 17.9 Å². The van der Waals surface area contributed by atoms with Crippen LogP contribution >= 0.6 is 11.8 Å². The second kappa shape index (κ2) is 4.20.